The lowest BCUT2D eigenvalue weighted by atomic mass is 10.1. The summed E-state index contributed by atoms with van der Waals surface area (Å²) in [6, 6.07) is 0. The predicted octanol–water partition coefficient (Wildman–Crippen LogP) is 2.49. The summed E-state index contributed by atoms with van der Waals surface area (Å²) in [5.41, 5.74) is 0. The minimum atomic E-state index is 0.721. The molecule has 0 radical (unpaired) electrons. The van der Waals surface area contributed by atoms with E-state index in [4.69, 9.17) is 4.74 Å². The number of aromatic nitrogens is 1. The van der Waals surface area contributed by atoms with Gasteiger partial charge in [-0.25, -0.2) is 0 Å². The van der Waals surface area contributed by atoms with E-state index in [0.717, 1.165) is 24.7 Å². The van der Waals surface area contributed by atoms with Crippen LogP contribution in [-0.2, 0) is 0 Å². The fourth-order valence-electron chi connectivity index (χ4n) is 0.948. The Labute approximate surface area is 72.7 Å². The second kappa shape index (κ2) is 4.80. The molecule has 0 saturated carbocycles. The number of hydrogen-bond donors (Lipinski definition) is 0. The number of ether oxygens (including phenoxy) is 1. The first kappa shape index (κ1) is 9.10. The highest BCUT2D eigenvalue weighted by Crippen LogP contribution is 2.09. The van der Waals surface area contributed by atoms with Gasteiger partial charge in [-0.05, 0) is 18.8 Å². The van der Waals surface area contributed by atoms with E-state index in [1.54, 1.807) is 6.20 Å². The molecule has 1 aromatic heterocycles. The molecule has 0 aromatic carbocycles. The van der Waals surface area contributed by atoms with Crippen LogP contribution in [0.2, 0.25) is 0 Å². The lowest BCUT2D eigenvalue weighted by molar-refractivity contribution is 0.294. The van der Waals surface area contributed by atoms with Crippen LogP contribution in [0.4, 0.5) is 0 Å². The molecule has 12 heavy (non-hydrogen) atoms. The maximum atomic E-state index is 5.34. The van der Waals surface area contributed by atoms with Crippen LogP contribution in [0.15, 0.2) is 17.0 Å². The van der Waals surface area contributed by atoms with Crippen molar-refractivity contribution in [1.82, 2.24) is 5.16 Å². The third-order valence-electron chi connectivity index (χ3n) is 1.60. The van der Waals surface area contributed by atoms with Crippen molar-refractivity contribution in [2.75, 3.05) is 6.61 Å². The van der Waals surface area contributed by atoms with E-state index >= 15 is 0 Å². The smallest absolute Gasteiger partial charge is 0.178 e. The van der Waals surface area contributed by atoms with Crippen molar-refractivity contribution in [3.63, 3.8) is 0 Å². The van der Waals surface area contributed by atoms with Crippen LogP contribution in [0.1, 0.15) is 26.7 Å². The molecular formula is C9H15NO2. The molecule has 68 valence electrons. The van der Waals surface area contributed by atoms with Gasteiger partial charge in [-0.15, -0.1) is 0 Å². The van der Waals surface area contributed by atoms with Crippen molar-refractivity contribution in [2.24, 2.45) is 5.92 Å². The van der Waals surface area contributed by atoms with Gasteiger partial charge in [0.15, 0.2) is 12.0 Å². The quantitative estimate of drug-likeness (QED) is 0.635. The molecule has 3 nitrogen and oxygen atoms in total. The Kier molecular flexibility index (Phi) is 3.64. The van der Waals surface area contributed by atoms with Crippen molar-refractivity contribution in [1.29, 1.82) is 0 Å². The van der Waals surface area contributed by atoms with Crippen LogP contribution in [0.5, 0.6) is 5.75 Å². The van der Waals surface area contributed by atoms with Crippen LogP contribution >= 0.6 is 0 Å². The molecule has 1 rings (SSSR count). The molecule has 1 aromatic rings. The maximum absolute atomic E-state index is 5.34. The molecule has 0 aliphatic carbocycles. The summed E-state index contributed by atoms with van der Waals surface area (Å²) in [5.74, 6) is 1.47. The van der Waals surface area contributed by atoms with Crippen molar-refractivity contribution < 1.29 is 9.26 Å². The van der Waals surface area contributed by atoms with Gasteiger partial charge in [0.2, 0.25) is 0 Å². The van der Waals surface area contributed by atoms with Crippen LogP contribution in [0.3, 0.4) is 0 Å². The van der Waals surface area contributed by atoms with Crippen LogP contribution in [0, 0.1) is 5.92 Å². The van der Waals surface area contributed by atoms with Gasteiger partial charge >= 0.3 is 0 Å². The molecule has 0 aliphatic heterocycles. The van der Waals surface area contributed by atoms with Crippen LogP contribution in [0.25, 0.3) is 0 Å². The second-order valence-electron chi connectivity index (χ2n) is 3.24. The summed E-state index contributed by atoms with van der Waals surface area (Å²) in [5, 5.41) is 3.54. The average molecular weight is 169 g/mol. The molecule has 0 bridgehead atoms. The molecule has 0 fully saturated rings. The fraction of sp³-hybridized carbons (Fsp3) is 0.667. The Bertz CT molecular complexity index is 194. The van der Waals surface area contributed by atoms with Gasteiger partial charge in [0.1, 0.15) is 6.20 Å². The Hall–Kier alpha value is -0.990. The third-order valence-corrected chi connectivity index (χ3v) is 1.60. The number of rotatable bonds is 5. The normalized spacial score (nSPS) is 10.6. The van der Waals surface area contributed by atoms with E-state index in [9.17, 15) is 0 Å². The highest BCUT2D eigenvalue weighted by Gasteiger charge is 1.97. The van der Waals surface area contributed by atoms with Crippen LogP contribution in [-0.4, -0.2) is 11.8 Å². The first-order chi connectivity index (χ1) is 5.79. The third kappa shape index (κ3) is 3.42. The van der Waals surface area contributed by atoms with Gasteiger partial charge < -0.3 is 9.26 Å². The molecule has 0 atom stereocenters. The number of hydrogen-bond acceptors (Lipinski definition) is 3. The summed E-state index contributed by atoms with van der Waals surface area (Å²) in [6.07, 6.45) is 5.37. The van der Waals surface area contributed by atoms with E-state index in [-0.39, 0.29) is 0 Å². The van der Waals surface area contributed by atoms with E-state index in [1.165, 1.54) is 12.7 Å². The highest BCUT2D eigenvalue weighted by atomic mass is 16.5. The number of nitrogens with zero attached hydrogens (tertiary/aromatic N) is 1. The Morgan fingerprint density at radius 3 is 3.00 bits per heavy atom. The summed E-state index contributed by atoms with van der Waals surface area (Å²) in [4.78, 5) is 0. The lowest BCUT2D eigenvalue weighted by Crippen LogP contribution is -1.98. The molecule has 0 spiro atoms. The van der Waals surface area contributed by atoms with Crippen molar-refractivity contribution in [3.8, 4) is 5.75 Å². The zero-order valence-corrected chi connectivity index (χ0v) is 7.62. The van der Waals surface area contributed by atoms with E-state index in [1.807, 2.05) is 0 Å². The largest absolute Gasteiger partial charge is 0.489 e. The summed E-state index contributed by atoms with van der Waals surface area (Å²) < 4.78 is 9.96. The molecule has 0 aliphatic rings. The van der Waals surface area contributed by atoms with Crippen molar-refractivity contribution >= 4 is 0 Å². The molecule has 0 saturated heterocycles. The minimum absolute atomic E-state index is 0.721. The average Bonchev–Trinajstić information content (AvgIpc) is 2.49. The van der Waals surface area contributed by atoms with Gasteiger partial charge in [0, 0.05) is 0 Å². The Morgan fingerprint density at radius 2 is 2.42 bits per heavy atom. The molecule has 1 heterocycles. The van der Waals surface area contributed by atoms with Crippen molar-refractivity contribution in [2.45, 2.75) is 26.7 Å². The molecule has 3 heteroatoms. The molecule has 0 unspecified atom stereocenters. The first-order valence-corrected chi connectivity index (χ1v) is 4.31. The predicted molar refractivity (Wildman–Crippen MR) is 46.1 cm³/mol. The fourth-order valence-corrected chi connectivity index (χ4v) is 0.948. The maximum Gasteiger partial charge on any atom is 0.178 e. The summed E-state index contributed by atoms with van der Waals surface area (Å²) >= 11 is 0. The standard InChI is InChI=1S/C9H15NO2/c1-8(2)4-3-5-11-9-6-10-12-7-9/h6-8H,3-5H2,1-2H3. The van der Waals surface area contributed by atoms with E-state index in [0.29, 0.717) is 0 Å². The second-order valence-corrected chi connectivity index (χ2v) is 3.24. The summed E-state index contributed by atoms with van der Waals surface area (Å²) in [7, 11) is 0. The zero-order valence-electron chi connectivity index (χ0n) is 7.62. The molecular weight excluding hydrogens is 154 g/mol. The topological polar surface area (TPSA) is 35.3 Å². The molecule has 0 N–H and O–H groups in total. The van der Waals surface area contributed by atoms with Crippen LogP contribution < -0.4 is 4.74 Å². The Morgan fingerprint density at radius 1 is 1.58 bits per heavy atom. The molecule has 0 amide bonds. The van der Waals surface area contributed by atoms with Gasteiger partial charge in [-0.3, -0.25) is 0 Å². The van der Waals surface area contributed by atoms with Gasteiger partial charge in [-0.1, -0.05) is 19.0 Å². The monoisotopic (exact) mass is 169 g/mol. The Balaban J connectivity index is 2.04. The van der Waals surface area contributed by atoms with Gasteiger partial charge in [0.05, 0.1) is 6.61 Å². The van der Waals surface area contributed by atoms with Gasteiger partial charge in [0.25, 0.3) is 0 Å². The highest BCUT2D eigenvalue weighted by molar-refractivity contribution is 5.07. The minimum Gasteiger partial charge on any atom is -0.489 e. The van der Waals surface area contributed by atoms with E-state index in [2.05, 4.69) is 23.5 Å². The lowest BCUT2D eigenvalue weighted by Gasteiger charge is -2.04. The van der Waals surface area contributed by atoms with E-state index < -0.39 is 0 Å². The first-order valence-electron chi connectivity index (χ1n) is 4.31. The zero-order chi connectivity index (χ0) is 8.81. The SMILES string of the molecule is CC(C)CCCOc1cnoc1. The van der Waals surface area contributed by atoms with Gasteiger partial charge in [-0.2, -0.15) is 0 Å². The summed E-state index contributed by atoms with van der Waals surface area (Å²) in [6.45, 7) is 5.16. The van der Waals surface area contributed by atoms with Crippen molar-refractivity contribution in [3.05, 3.63) is 12.5 Å².